The zero-order valence-corrected chi connectivity index (χ0v) is 38.3. The Bertz CT molecular complexity index is 4280. The van der Waals surface area contributed by atoms with Crippen molar-refractivity contribution in [3.63, 3.8) is 0 Å². The van der Waals surface area contributed by atoms with Crippen LogP contribution in [0.3, 0.4) is 0 Å². The Morgan fingerprint density at radius 3 is 1.42 bits per heavy atom. The number of fused-ring (bicyclic) bond motifs is 19. The predicted octanol–water partition coefficient (Wildman–Crippen LogP) is 19.5. The van der Waals surface area contributed by atoms with Crippen LogP contribution in [0.15, 0.2) is 249 Å². The van der Waals surface area contributed by atoms with Crippen LogP contribution in [0.1, 0.15) is 0 Å². The van der Waals surface area contributed by atoms with E-state index in [4.69, 9.17) is 4.74 Å². The van der Waals surface area contributed by atoms with Gasteiger partial charge in [0.2, 0.25) is 0 Å². The summed E-state index contributed by atoms with van der Waals surface area (Å²) in [5, 5.41) is 14.7. The lowest BCUT2D eigenvalue weighted by atomic mass is 9.92. The molecule has 3 heteroatoms. The highest BCUT2D eigenvalue weighted by Gasteiger charge is 2.24. The Hall–Kier alpha value is -8.76. The number of hydrogen-bond donors (Lipinski definition) is 0. The van der Waals surface area contributed by atoms with E-state index in [-0.39, 0.29) is 0 Å². The number of benzene rings is 11. The molecule has 14 rings (SSSR count). The van der Waals surface area contributed by atoms with Crippen molar-refractivity contribution < 1.29 is 4.74 Å². The summed E-state index contributed by atoms with van der Waals surface area (Å²) in [5.41, 5.74) is 9.94. The van der Waals surface area contributed by atoms with Gasteiger partial charge in [-0.15, -0.1) is 11.3 Å². The molecule has 0 aliphatic carbocycles. The Kier molecular flexibility index (Phi) is 9.11. The van der Waals surface area contributed by atoms with E-state index < -0.39 is 0 Å². The van der Waals surface area contributed by atoms with Crippen molar-refractivity contribution in [2.24, 2.45) is 0 Å². The van der Waals surface area contributed by atoms with Crippen LogP contribution >= 0.6 is 11.3 Å². The lowest BCUT2D eigenvalue weighted by Gasteiger charge is -2.27. The molecule has 0 bridgehead atoms. The van der Waals surface area contributed by atoms with E-state index in [1.54, 1.807) is 0 Å². The van der Waals surface area contributed by atoms with Crippen LogP contribution in [0.5, 0.6) is 11.5 Å². The van der Waals surface area contributed by atoms with Gasteiger partial charge in [-0.25, -0.2) is 0 Å². The molecule has 0 spiro atoms. The first-order valence-electron chi connectivity index (χ1n) is 23.6. The lowest BCUT2D eigenvalue weighted by molar-refractivity contribution is 0.488. The molecule has 69 heavy (non-hydrogen) atoms. The lowest BCUT2D eigenvalue weighted by Crippen LogP contribution is -2.10. The largest absolute Gasteiger partial charge is 0.456 e. The molecule has 1 aliphatic rings. The highest BCUT2D eigenvalue weighted by atomic mass is 32.1. The summed E-state index contributed by atoms with van der Waals surface area (Å²) in [6.45, 7) is 0. The molecule has 13 aromatic rings. The van der Waals surface area contributed by atoms with Gasteiger partial charge in [-0.1, -0.05) is 188 Å². The third-order valence-corrected chi connectivity index (χ3v) is 15.2. The van der Waals surface area contributed by atoms with Crippen LogP contribution in [0.25, 0.3) is 107 Å². The number of hydrogen-bond acceptors (Lipinski definition) is 3. The first-order chi connectivity index (χ1) is 34.2. The zero-order chi connectivity index (χ0) is 45.4. The van der Waals surface area contributed by atoms with Crippen molar-refractivity contribution in [1.29, 1.82) is 0 Å². The average molecular weight is 896 g/mol. The summed E-state index contributed by atoms with van der Waals surface area (Å²) in [6.07, 6.45) is 0. The van der Waals surface area contributed by atoms with Gasteiger partial charge in [0, 0.05) is 48.4 Å². The van der Waals surface area contributed by atoms with Crippen LogP contribution in [0.2, 0.25) is 0 Å². The Balaban J connectivity index is 1.12. The number of nitrogens with zero attached hydrogens (tertiary/aromatic N) is 1. The molecule has 0 amide bonds. The quantitative estimate of drug-likeness (QED) is 0.175. The molecule has 322 valence electrons. The maximum absolute atomic E-state index is 6.65. The van der Waals surface area contributed by atoms with Gasteiger partial charge in [-0.3, -0.25) is 0 Å². The topological polar surface area (TPSA) is 12.5 Å². The minimum atomic E-state index is 0.845. The molecule has 0 N–H and O–H groups in total. The number of ether oxygens (including phenoxy) is 1. The van der Waals surface area contributed by atoms with E-state index in [1.807, 2.05) is 17.4 Å². The maximum atomic E-state index is 6.65. The fourth-order valence-corrected chi connectivity index (χ4v) is 12.1. The SMILES string of the molecule is c1ccc(-c2ccc(N(c3ccc4c(c3)-c3ccccc3Oc3ccccc3-4)c3ccc4c(c3)c3ccccc3c3ccccc3c3ccccc3c3c4ccc4sc5ccccc5c43)cc2)cc1. The summed E-state index contributed by atoms with van der Waals surface area (Å²) < 4.78 is 9.24. The molecule has 2 heterocycles. The van der Waals surface area contributed by atoms with Crippen LogP contribution in [-0.2, 0) is 0 Å². The van der Waals surface area contributed by atoms with E-state index >= 15 is 0 Å². The average Bonchev–Trinajstić information content (AvgIpc) is 3.73. The van der Waals surface area contributed by atoms with Crippen molar-refractivity contribution in [2.45, 2.75) is 0 Å². The molecule has 0 radical (unpaired) electrons. The van der Waals surface area contributed by atoms with E-state index in [0.717, 1.165) is 50.8 Å². The van der Waals surface area contributed by atoms with Crippen molar-refractivity contribution >= 4 is 102 Å². The molecule has 2 nitrogen and oxygen atoms in total. The summed E-state index contributed by atoms with van der Waals surface area (Å²) >= 11 is 1.88. The van der Waals surface area contributed by atoms with Gasteiger partial charge in [0.15, 0.2) is 0 Å². The maximum Gasteiger partial charge on any atom is 0.135 e. The number of thiophene rings is 1. The van der Waals surface area contributed by atoms with E-state index in [1.165, 1.54) is 85.2 Å². The molecule has 0 saturated carbocycles. The first kappa shape index (κ1) is 39.4. The highest BCUT2D eigenvalue weighted by Crippen LogP contribution is 2.50. The Morgan fingerprint density at radius 2 is 0.725 bits per heavy atom. The van der Waals surface area contributed by atoms with Crippen molar-refractivity contribution in [2.75, 3.05) is 4.90 Å². The summed E-state index contributed by atoms with van der Waals surface area (Å²) in [7, 11) is 0. The molecule has 0 saturated heterocycles. The van der Waals surface area contributed by atoms with Crippen LogP contribution in [-0.4, -0.2) is 0 Å². The summed E-state index contributed by atoms with van der Waals surface area (Å²) in [5.74, 6) is 1.70. The molecule has 1 aliphatic heterocycles. The third kappa shape index (κ3) is 6.39. The predicted molar refractivity (Wildman–Crippen MR) is 296 cm³/mol. The minimum Gasteiger partial charge on any atom is -0.456 e. The van der Waals surface area contributed by atoms with E-state index in [9.17, 15) is 0 Å². The number of para-hydroxylation sites is 2. The van der Waals surface area contributed by atoms with Crippen LogP contribution < -0.4 is 9.64 Å². The second kappa shape index (κ2) is 16.0. The zero-order valence-electron chi connectivity index (χ0n) is 37.4. The number of anilines is 3. The monoisotopic (exact) mass is 895 g/mol. The van der Waals surface area contributed by atoms with E-state index in [0.29, 0.717) is 0 Å². The van der Waals surface area contributed by atoms with Crippen molar-refractivity contribution in [3.05, 3.63) is 249 Å². The van der Waals surface area contributed by atoms with Crippen LogP contribution in [0.4, 0.5) is 17.1 Å². The molecule has 0 atom stereocenters. The second-order valence-electron chi connectivity index (χ2n) is 17.9. The second-order valence-corrected chi connectivity index (χ2v) is 19.0. The van der Waals surface area contributed by atoms with E-state index in [2.05, 4.69) is 248 Å². The fourth-order valence-electron chi connectivity index (χ4n) is 11.0. The molecule has 1 aromatic heterocycles. The Morgan fingerprint density at radius 1 is 0.261 bits per heavy atom. The fraction of sp³-hybridized carbons (Fsp3) is 0. The minimum absolute atomic E-state index is 0.845. The molecule has 0 fully saturated rings. The molecular formula is C66H41NOS. The van der Waals surface area contributed by atoms with Crippen molar-refractivity contribution in [1.82, 2.24) is 0 Å². The summed E-state index contributed by atoms with van der Waals surface area (Å²) in [6, 6.07) is 91.1. The molecule has 12 aromatic carbocycles. The number of rotatable bonds is 4. The molecule has 0 unspecified atom stereocenters. The van der Waals surface area contributed by atoms with Gasteiger partial charge in [0.05, 0.1) is 0 Å². The molecular weight excluding hydrogens is 855 g/mol. The van der Waals surface area contributed by atoms with Gasteiger partial charge in [-0.2, -0.15) is 0 Å². The third-order valence-electron chi connectivity index (χ3n) is 14.1. The van der Waals surface area contributed by atoms with Crippen LogP contribution in [0, 0.1) is 0 Å². The smallest absolute Gasteiger partial charge is 0.135 e. The normalized spacial score (nSPS) is 11.9. The van der Waals surface area contributed by atoms with Gasteiger partial charge in [0.1, 0.15) is 11.5 Å². The standard InChI is InChI=1S/C66H41NOS/c1-2-16-42(17-3-1)43-30-32-44(33-31-43)67(46-34-36-52-54-23-10-13-27-61(54)68-62-28-14-11-24-55(62)60(52)41-46)45-35-37-53-57-38-39-64-66(58-26-12-15-29-63(58)69-64)65(57)56-25-9-8-21-50(56)48-19-5-4-18-47(48)49-20-6-7-22-51(49)59(53)40-45/h1-41H. The van der Waals surface area contributed by atoms with Gasteiger partial charge < -0.3 is 9.64 Å². The highest BCUT2D eigenvalue weighted by molar-refractivity contribution is 7.26. The van der Waals surface area contributed by atoms with Gasteiger partial charge in [0.25, 0.3) is 0 Å². The Labute approximate surface area is 403 Å². The van der Waals surface area contributed by atoms with Gasteiger partial charge in [-0.05, 0) is 137 Å². The van der Waals surface area contributed by atoms with Gasteiger partial charge >= 0.3 is 0 Å². The van der Waals surface area contributed by atoms with Crippen molar-refractivity contribution in [3.8, 4) is 44.9 Å². The summed E-state index contributed by atoms with van der Waals surface area (Å²) in [4.78, 5) is 2.43. The first-order valence-corrected chi connectivity index (χ1v) is 24.4.